The molecule has 3 rings (SSSR count). The van der Waals surface area contributed by atoms with E-state index < -0.39 is 0 Å². The normalized spacial score (nSPS) is 14.1. The molecular formula is C20H21N3O3. The van der Waals surface area contributed by atoms with Crippen LogP contribution in [0, 0.1) is 0 Å². The van der Waals surface area contributed by atoms with Gasteiger partial charge in [-0.05, 0) is 30.3 Å². The number of ether oxygens (including phenoxy) is 1. The predicted molar refractivity (Wildman–Crippen MR) is 102 cm³/mol. The summed E-state index contributed by atoms with van der Waals surface area (Å²) in [4.78, 5) is 28.4. The molecule has 0 spiro atoms. The van der Waals surface area contributed by atoms with Crippen LogP contribution in [-0.4, -0.2) is 45.0 Å². The maximum absolute atomic E-state index is 12.7. The fourth-order valence-electron chi connectivity index (χ4n) is 2.85. The molecule has 6 nitrogen and oxygen atoms in total. The van der Waals surface area contributed by atoms with Gasteiger partial charge >= 0.3 is 0 Å². The number of rotatable bonds is 5. The molecule has 0 aliphatic carbocycles. The first-order valence-corrected chi connectivity index (χ1v) is 8.18. The number of imide groups is 1. The van der Waals surface area contributed by atoms with E-state index in [9.17, 15) is 9.59 Å². The minimum Gasteiger partial charge on any atom is -0.496 e. The van der Waals surface area contributed by atoms with Gasteiger partial charge in [0.2, 0.25) is 0 Å². The number of carbonyl (C=O) groups is 2. The van der Waals surface area contributed by atoms with Crippen molar-refractivity contribution >= 4 is 28.8 Å². The van der Waals surface area contributed by atoms with Crippen LogP contribution in [0.3, 0.4) is 0 Å². The quantitative estimate of drug-likeness (QED) is 0.839. The number of methoxy groups -OCH3 is 1. The van der Waals surface area contributed by atoms with E-state index in [0.717, 1.165) is 16.3 Å². The summed E-state index contributed by atoms with van der Waals surface area (Å²) in [7, 11) is 6.93. The second-order valence-corrected chi connectivity index (χ2v) is 6.19. The maximum Gasteiger partial charge on any atom is 0.277 e. The topological polar surface area (TPSA) is 61.9 Å². The molecule has 0 saturated carbocycles. The van der Waals surface area contributed by atoms with Gasteiger partial charge < -0.3 is 15.0 Å². The summed E-state index contributed by atoms with van der Waals surface area (Å²) in [5, 5.41) is 3.11. The second kappa shape index (κ2) is 6.92. The molecule has 0 bridgehead atoms. The third kappa shape index (κ3) is 3.01. The van der Waals surface area contributed by atoms with Crippen LogP contribution < -0.4 is 15.0 Å². The molecule has 26 heavy (non-hydrogen) atoms. The van der Waals surface area contributed by atoms with Crippen LogP contribution in [0.25, 0.3) is 5.57 Å². The summed E-state index contributed by atoms with van der Waals surface area (Å²) in [6.45, 7) is 0. The number of likely N-dealkylation sites (N-methyl/N-ethyl adjacent to an activating group) is 1. The number of hydrogen-bond acceptors (Lipinski definition) is 5. The van der Waals surface area contributed by atoms with Crippen molar-refractivity contribution in [2.45, 2.75) is 0 Å². The zero-order valence-corrected chi connectivity index (χ0v) is 15.2. The van der Waals surface area contributed by atoms with E-state index in [1.54, 1.807) is 12.1 Å². The smallest absolute Gasteiger partial charge is 0.277 e. The van der Waals surface area contributed by atoms with E-state index in [2.05, 4.69) is 5.32 Å². The summed E-state index contributed by atoms with van der Waals surface area (Å²) in [6, 6.07) is 14.8. The Balaban J connectivity index is 2.06. The third-order valence-corrected chi connectivity index (χ3v) is 4.32. The fraction of sp³-hybridized carbons (Fsp3) is 0.200. The minimum atomic E-state index is -0.368. The second-order valence-electron chi connectivity index (χ2n) is 6.19. The average Bonchev–Trinajstić information content (AvgIpc) is 2.86. The van der Waals surface area contributed by atoms with Crippen molar-refractivity contribution in [2.24, 2.45) is 0 Å². The van der Waals surface area contributed by atoms with Crippen LogP contribution in [-0.2, 0) is 9.59 Å². The van der Waals surface area contributed by atoms with E-state index >= 15 is 0 Å². The van der Waals surface area contributed by atoms with Crippen LogP contribution in [0.15, 0.2) is 54.2 Å². The van der Waals surface area contributed by atoms with Crippen molar-refractivity contribution in [3.8, 4) is 5.75 Å². The van der Waals surface area contributed by atoms with Crippen molar-refractivity contribution in [3.63, 3.8) is 0 Å². The van der Waals surface area contributed by atoms with Crippen LogP contribution in [0.5, 0.6) is 5.75 Å². The van der Waals surface area contributed by atoms with Gasteiger partial charge in [-0.25, -0.2) is 0 Å². The minimum absolute atomic E-state index is 0.250. The van der Waals surface area contributed by atoms with Crippen molar-refractivity contribution in [2.75, 3.05) is 38.5 Å². The van der Waals surface area contributed by atoms with E-state index in [1.807, 2.05) is 55.4 Å². The maximum atomic E-state index is 12.7. The first-order chi connectivity index (χ1) is 12.4. The Labute approximate surface area is 152 Å². The number of nitrogens with zero attached hydrogens (tertiary/aromatic N) is 2. The molecule has 134 valence electrons. The molecule has 1 aliphatic rings. The molecule has 0 fully saturated rings. The van der Waals surface area contributed by atoms with Gasteiger partial charge in [-0.3, -0.25) is 14.5 Å². The highest BCUT2D eigenvalue weighted by Gasteiger charge is 2.37. The number of hydrogen-bond donors (Lipinski definition) is 1. The van der Waals surface area contributed by atoms with Crippen LogP contribution in [0.1, 0.15) is 5.56 Å². The standard InChI is InChI=1S/C20H21N3O3/c1-22(2)14-11-9-13(10-12-14)21-18-17(19(24)23(3)20(18)25)15-7-5-6-8-16(15)26-4/h5-12,21H,1-4H3. The largest absolute Gasteiger partial charge is 0.496 e. The van der Waals surface area contributed by atoms with E-state index in [4.69, 9.17) is 4.74 Å². The lowest BCUT2D eigenvalue weighted by molar-refractivity contribution is -0.135. The molecule has 0 radical (unpaired) electrons. The fourth-order valence-corrected chi connectivity index (χ4v) is 2.85. The summed E-state index contributed by atoms with van der Waals surface area (Å²) in [5.74, 6) is -0.180. The lowest BCUT2D eigenvalue weighted by atomic mass is 10.0. The molecule has 2 aromatic carbocycles. The predicted octanol–water partition coefficient (Wildman–Crippen LogP) is 2.58. The number of anilines is 2. The van der Waals surface area contributed by atoms with Crippen molar-refractivity contribution in [3.05, 3.63) is 59.8 Å². The number of amides is 2. The SMILES string of the molecule is COc1ccccc1C1=C(Nc2ccc(N(C)C)cc2)C(=O)N(C)C1=O. The van der Waals surface area contributed by atoms with Gasteiger partial charge in [0, 0.05) is 38.1 Å². The van der Waals surface area contributed by atoms with E-state index in [-0.39, 0.29) is 17.5 Å². The first kappa shape index (κ1) is 17.5. The molecule has 1 N–H and O–H groups in total. The summed E-state index contributed by atoms with van der Waals surface area (Å²) in [5.41, 5.74) is 2.92. The summed E-state index contributed by atoms with van der Waals surface area (Å²) >= 11 is 0. The van der Waals surface area contributed by atoms with Gasteiger partial charge in [0.25, 0.3) is 11.8 Å². The van der Waals surface area contributed by atoms with Crippen molar-refractivity contribution < 1.29 is 14.3 Å². The molecular weight excluding hydrogens is 330 g/mol. The Morgan fingerprint density at radius 1 is 0.962 bits per heavy atom. The molecule has 1 aliphatic heterocycles. The Hall–Kier alpha value is -3.28. The Bertz CT molecular complexity index is 885. The summed E-state index contributed by atoms with van der Waals surface area (Å²) < 4.78 is 5.37. The van der Waals surface area contributed by atoms with Gasteiger partial charge in [0.05, 0.1) is 12.7 Å². The van der Waals surface area contributed by atoms with Gasteiger partial charge in [0.1, 0.15) is 11.4 Å². The molecule has 0 unspecified atom stereocenters. The number of para-hydroxylation sites is 1. The van der Waals surface area contributed by atoms with Gasteiger partial charge in [0.15, 0.2) is 0 Å². The monoisotopic (exact) mass is 351 g/mol. The molecule has 2 aromatic rings. The molecule has 2 amide bonds. The first-order valence-electron chi connectivity index (χ1n) is 8.18. The lowest BCUT2D eigenvalue weighted by Crippen LogP contribution is -2.27. The Morgan fingerprint density at radius 3 is 2.23 bits per heavy atom. The van der Waals surface area contributed by atoms with Crippen LogP contribution in [0.4, 0.5) is 11.4 Å². The van der Waals surface area contributed by atoms with E-state index in [0.29, 0.717) is 16.9 Å². The number of carbonyl (C=O) groups excluding carboxylic acids is 2. The highest BCUT2D eigenvalue weighted by atomic mass is 16.5. The van der Waals surface area contributed by atoms with Gasteiger partial charge in [-0.1, -0.05) is 18.2 Å². The molecule has 0 saturated heterocycles. The van der Waals surface area contributed by atoms with Crippen molar-refractivity contribution in [1.29, 1.82) is 0 Å². The molecule has 1 heterocycles. The molecule has 6 heteroatoms. The van der Waals surface area contributed by atoms with Gasteiger partial charge in [-0.2, -0.15) is 0 Å². The lowest BCUT2D eigenvalue weighted by Gasteiger charge is -2.14. The highest BCUT2D eigenvalue weighted by Crippen LogP contribution is 2.34. The highest BCUT2D eigenvalue weighted by molar-refractivity contribution is 6.36. The van der Waals surface area contributed by atoms with Crippen molar-refractivity contribution in [1.82, 2.24) is 4.90 Å². The average molecular weight is 351 g/mol. The van der Waals surface area contributed by atoms with Crippen LogP contribution >= 0.6 is 0 Å². The number of benzene rings is 2. The van der Waals surface area contributed by atoms with Gasteiger partial charge in [-0.15, -0.1) is 0 Å². The third-order valence-electron chi connectivity index (χ3n) is 4.32. The summed E-state index contributed by atoms with van der Waals surface area (Å²) in [6.07, 6.45) is 0. The molecule has 0 atom stereocenters. The number of nitrogens with one attached hydrogen (secondary N) is 1. The Morgan fingerprint density at radius 2 is 1.62 bits per heavy atom. The molecule has 0 aromatic heterocycles. The Kier molecular flexibility index (Phi) is 4.67. The van der Waals surface area contributed by atoms with E-state index in [1.165, 1.54) is 14.2 Å². The van der Waals surface area contributed by atoms with Crippen LogP contribution in [0.2, 0.25) is 0 Å². The zero-order valence-electron chi connectivity index (χ0n) is 15.2. The zero-order chi connectivity index (χ0) is 18.8.